The van der Waals surface area contributed by atoms with Crippen LogP contribution in [0.25, 0.3) is 0 Å². The van der Waals surface area contributed by atoms with E-state index in [1.807, 2.05) is 50.5 Å². The second-order valence-corrected chi connectivity index (χ2v) is 9.52. The number of anilines is 1. The zero-order valence-electron chi connectivity index (χ0n) is 22.5. The minimum absolute atomic E-state index is 0.0887. The van der Waals surface area contributed by atoms with Crippen molar-refractivity contribution in [3.63, 3.8) is 0 Å². The van der Waals surface area contributed by atoms with Crippen molar-refractivity contribution in [1.82, 2.24) is 9.80 Å². The Morgan fingerprint density at radius 1 is 0.923 bits per heavy atom. The molecule has 9 nitrogen and oxygen atoms in total. The molecule has 2 amide bonds. The molecule has 1 atom stereocenters. The fraction of sp³-hybridized carbons (Fsp3) is 0.267. The van der Waals surface area contributed by atoms with Gasteiger partial charge in [0, 0.05) is 30.9 Å². The van der Waals surface area contributed by atoms with Gasteiger partial charge in [-0.1, -0.05) is 42.5 Å². The van der Waals surface area contributed by atoms with Crippen LogP contribution in [0, 0.1) is 0 Å². The summed E-state index contributed by atoms with van der Waals surface area (Å²) in [6, 6.07) is 21.5. The van der Waals surface area contributed by atoms with Gasteiger partial charge < -0.3 is 24.6 Å². The summed E-state index contributed by atoms with van der Waals surface area (Å²) >= 11 is 0. The molecule has 0 spiro atoms. The molecule has 39 heavy (non-hydrogen) atoms. The molecule has 1 aliphatic rings. The summed E-state index contributed by atoms with van der Waals surface area (Å²) in [4.78, 5) is 46.6. The number of ether oxygens (including phenoxy) is 2. The molecule has 9 heteroatoms. The predicted octanol–water partition coefficient (Wildman–Crippen LogP) is 4.71. The number of methoxy groups -OCH3 is 1. The lowest BCUT2D eigenvalue weighted by atomic mass is 9.90. The molecule has 0 fully saturated rings. The normalized spacial score (nSPS) is 14.5. The summed E-state index contributed by atoms with van der Waals surface area (Å²) in [5, 5.41) is 2.87. The minimum Gasteiger partial charge on any atom is -0.437 e. The summed E-state index contributed by atoms with van der Waals surface area (Å²) in [6.45, 7) is 1.53. The zero-order valence-corrected chi connectivity index (χ0v) is 22.5. The number of fused-ring (bicyclic) bond motifs is 1. The Bertz CT molecular complexity index is 1390. The number of amides is 2. The van der Waals surface area contributed by atoms with Gasteiger partial charge in [0.05, 0.1) is 18.5 Å². The van der Waals surface area contributed by atoms with Gasteiger partial charge in [0.15, 0.2) is 0 Å². The van der Waals surface area contributed by atoms with Crippen molar-refractivity contribution in [3.8, 4) is 5.75 Å². The van der Waals surface area contributed by atoms with Crippen molar-refractivity contribution in [1.29, 1.82) is 0 Å². The van der Waals surface area contributed by atoms with Crippen LogP contribution in [0.1, 0.15) is 33.8 Å². The quantitative estimate of drug-likeness (QED) is 0.245. The van der Waals surface area contributed by atoms with Crippen LogP contribution in [0.3, 0.4) is 0 Å². The molecule has 4 rings (SSSR count). The Balaban J connectivity index is 1.67. The van der Waals surface area contributed by atoms with Crippen LogP contribution >= 0.6 is 0 Å². The molecule has 0 aliphatic carbocycles. The van der Waals surface area contributed by atoms with E-state index < -0.39 is 12.1 Å². The number of aliphatic imine (C=N–C) groups is 1. The molecule has 0 radical (unpaired) electrons. The Morgan fingerprint density at radius 2 is 1.67 bits per heavy atom. The zero-order chi connectivity index (χ0) is 27.9. The Morgan fingerprint density at radius 3 is 2.38 bits per heavy atom. The van der Waals surface area contributed by atoms with Gasteiger partial charge in [-0.3, -0.25) is 14.6 Å². The third-order valence-electron chi connectivity index (χ3n) is 6.35. The molecule has 0 saturated carbocycles. The van der Waals surface area contributed by atoms with Crippen molar-refractivity contribution < 1.29 is 23.9 Å². The van der Waals surface area contributed by atoms with E-state index in [4.69, 9.17) is 9.73 Å². The van der Waals surface area contributed by atoms with E-state index >= 15 is 0 Å². The number of nitrogens with one attached hydrogen (secondary N) is 1. The Hall–Kier alpha value is -4.50. The van der Waals surface area contributed by atoms with Gasteiger partial charge in [0.25, 0.3) is 5.91 Å². The fourth-order valence-electron chi connectivity index (χ4n) is 4.41. The van der Waals surface area contributed by atoms with Crippen molar-refractivity contribution >= 4 is 35.1 Å². The van der Waals surface area contributed by atoms with Crippen molar-refractivity contribution in [2.75, 3.05) is 46.7 Å². The van der Waals surface area contributed by atoms with Crippen molar-refractivity contribution in [2.24, 2.45) is 4.99 Å². The molecule has 3 aromatic carbocycles. The van der Waals surface area contributed by atoms with Crippen LogP contribution in [0.4, 0.5) is 16.2 Å². The molecule has 0 saturated heterocycles. The summed E-state index contributed by atoms with van der Waals surface area (Å²) in [5.74, 6) is -0.798. The number of nitrogens with zero attached hydrogens (tertiary/aromatic N) is 3. The summed E-state index contributed by atoms with van der Waals surface area (Å²) in [7, 11) is 7.03. The lowest BCUT2D eigenvalue weighted by Gasteiger charge is -2.19. The average Bonchev–Trinajstić information content (AvgIpc) is 3.26. The fourth-order valence-corrected chi connectivity index (χ4v) is 4.41. The van der Waals surface area contributed by atoms with Crippen molar-refractivity contribution in [3.05, 3.63) is 89.5 Å². The molecule has 1 aliphatic heterocycles. The van der Waals surface area contributed by atoms with Gasteiger partial charge in [-0.05, 0) is 62.5 Å². The first-order chi connectivity index (χ1) is 18.8. The topological polar surface area (TPSA) is 101 Å². The highest BCUT2D eigenvalue weighted by Crippen LogP contribution is 2.38. The maximum absolute atomic E-state index is 13.3. The molecular formula is C30H32N4O5. The first-order valence-electron chi connectivity index (χ1n) is 12.6. The lowest BCUT2D eigenvalue weighted by molar-refractivity contribution is -0.115. The highest BCUT2D eigenvalue weighted by molar-refractivity contribution is 6.24. The van der Waals surface area contributed by atoms with E-state index in [0.29, 0.717) is 34.8 Å². The van der Waals surface area contributed by atoms with E-state index in [0.717, 1.165) is 18.5 Å². The monoisotopic (exact) mass is 528 g/mol. The standard InChI is InChI=1S/C30H32N4O5/c1-33(2)16-9-17-34(3)29(36)21-12-8-13-22(18-21)31-27(20-10-6-5-7-11-20)26-24-15-14-23(39-30(37)38-4)19-25(24)32-28(26)35/h5-8,10-15,18-19,26H,9,16-17H2,1-4H3,(H,32,35). The van der Waals surface area contributed by atoms with Gasteiger partial charge in [0.1, 0.15) is 11.7 Å². The number of carbonyl (C=O) groups excluding carboxylic acids is 3. The van der Waals surface area contributed by atoms with Crippen molar-refractivity contribution in [2.45, 2.75) is 12.3 Å². The maximum atomic E-state index is 13.3. The largest absolute Gasteiger partial charge is 0.513 e. The first-order valence-corrected chi connectivity index (χ1v) is 12.6. The first kappa shape index (κ1) is 27.5. The van der Waals surface area contributed by atoms with Crippen LogP contribution < -0.4 is 10.1 Å². The molecule has 1 N–H and O–H groups in total. The molecule has 0 aromatic heterocycles. The predicted molar refractivity (Wildman–Crippen MR) is 150 cm³/mol. The Kier molecular flexibility index (Phi) is 8.73. The van der Waals surface area contributed by atoms with E-state index in [1.165, 1.54) is 7.11 Å². The SMILES string of the molecule is COC(=O)Oc1ccc2c(c1)NC(=O)C2C(=Nc1cccc(C(=O)N(C)CCCN(C)C)c1)c1ccccc1. The van der Waals surface area contributed by atoms with Crippen LogP contribution in [-0.2, 0) is 9.53 Å². The Labute approximate surface area is 228 Å². The van der Waals surface area contributed by atoms with Gasteiger partial charge in [0.2, 0.25) is 5.91 Å². The molecule has 3 aromatic rings. The summed E-state index contributed by atoms with van der Waals surface area (Å²) < 4.78 is 9.66. The van der Waals surface area contributed by atoms with Crippen LogP contribution in [0.15, 0.2) is 77.8 Å². The van der Waals surface area contributed by atoms with Gasteiger partial charge >= 0.3 is 6.16 Å². The molecular weight excluding hydrogens is 496 g/mol. The molecule has 202 valence electrons. The smallest absolute Gasteiger partial charge is 0.437 e. The summed E-state index contributed by atoms with van der Waals surface area (Å²) in [5.41, 5.74) is 3.63. The van der Waals surface area contributed by atoms with Crippen LogP contribution in [0.5, 0.6) is 5.75 Å². The van der Waals surface area contributed by atoms with Gasteiger partial charge in [-0.15, -0.1) is 0 Å². The maximum Gasteiger partial charge on any atom is 0.513 e. The van der Waals surface area contributed by atoms with Crippen LogP contribution in [-0.4, -0.2) is 74.8 Å². The van der Waals surface area contributed by atoms with E-state index in [-0.39, 0.29) is 17.6 Å². The number of benzene rings is 3. The number of hydrogen-bond acceptors (Lipinski definition) is 7. The van der Waals surface area contributed by atoms with E-state index in [2.05, 4.69) is 15.0 Å². The number of rotatable bonds is 9. The van der Waals surface area contributed by atoms with Gasteiger partial charge in [-0.2, -0.15) is 0 Å². The highest BCUT2D eigenvalue weighted by atomic mass is 16.7. The second kappa shape index (κ2) is 12.4. The third-order valence-corrected chi connectivity index (χ3v) is 6.35. The molecule has 0 bridgehead atoms. The van der Waals surface area contributed by atoms with E-state index in [1.54, 1.807) is 48.3 Å². The summed E-state index contributed by atoms with van der Waals surface area (Å²) in [6.07, 6.45) is 0.0218. The molecule has 1 heterocycles. The van der Waals surface area contributed by atoms with E-state index in [9.17, 15) is 14.4 Å². The van der Waals surface area contributed by atoms with Gasteiger partial charge in [-0.25, -0.2) is 4.79 Å². The highest BCUT2D eigenvalue weighted by Gasteiger charge is 2.36. The second-order valence-electron chi connectivity index (χ2n) is 9.52. The number of carbonyl (C=O) groups is 3. The number of hydrogen-bond donors (Lipinski definition) is 1. The average molecular weight is 529 g/mol. The van der Waals surface area contributed by atoms with Crippen LogP contribution in [0.2, 0.25) is 0 Å². The third kappa shape index (κ3) is 6.69. The molecule has 1 unspecified atom stereocenters. The minimum atomic E-state index is -0.847. The lowest BCUT2D eigenvalue weighted by Crippen LogP contribution is -2.29.